The Morgan fingerprint density at radius 3 is 2.58 bits per heavy atom. The second-order valence-electron chi connectivity index (χ2n) is 7.87. The van der Waals surface area contributed by atoms with Crippen molar-refractivity contribution < 1.29 is 23.9 Å². The number of nitrogens with zero attached hydrogens (tertiary/aromatic N) is 2. The Morgan fingerprint density at radius 2 is 1.84 bits per heavy atom. The van der Waals surface area contributed by atoms with Gasteiger partial charge in [0.05, 0.1) is 24.9 Å². The number of amides is 5. The van der Waals surface area contributed by atoms with Crippen LogP contribution >= 0.6 is 0 Å². The molecule has 2 aromatic rings. The third-order valence-electron chi connectivity index (χ3n) is 6.29. The first-order chi connectivity index (χ1) is 14.9. The number of barbiturate groups is 1. The van der Waals surface area contributed by atoms with Gasteiger partial charge < -0.3 is 15.4 Å². The zero-order valence-electron chi connectivity index (χ0n) is 16.5. The number of fused-ring (bicyclic) bond motifs is 4. The summed E-state index contributed by atoms with van der Waals surface area (Å²) in [6.45, 7) is 1.20. The Morgan fingerprint density at radius 1 is 1.10 bits per heavy atom. The average molecular weight is 420 g/mol. The van der Waals surface area contributed by atoms with Gasteiger partial charge in [0.1, 0.15) is 0 Å². The zero-order chi connectivity index (χ0) is 21.8. The Balaban J connectivity index is 1.62. The second kappa shape index (κ2) is 6.92. The summed E-state index contributed by atoms with van der Waals surface area (Å²) in [4.78, 5) is 54.2. The van der Waals surface area contributed by atoms with Gasteiger partial charge in [-0.3, -0.25) is 19.7 Å². The van der Waals surface area contributed by atoms with Crippen LogP contribution in [-0.2, 0) is 20.7 Å². The molecule has 2 fully saturated rings. The number of morpholine rings is 1. The summed E-state index contributed by atoms with van der Waals surface area (Å²) in [7, 11) is 0. The van der Waals surface area contributed by atoms with Gasteiger partial charge in [-0.15, -0.1) is 0 Å². The van der Waals surface area contributed by atoms with E-state index in [9.17, 15) is 19.2 Å². The fourth-order valence-corrected chi connectivity index (χ4v) is 4.77. The molecule has 3 N–H and O–H groups in total. The maximum absolute atomic E-state index is 13.9. The van der Waals surface area contributed by atoms with Crippen LogP contribution in [0.5, 0.6) is 0 Å². The molecular weight excluding hydrogens is 400 g/mol. The number of hydrogen-bond donors (Lipinski definition) is 2. The Bertz CT molecular complexity index is 1120. The molecule has 2 atom stereocenters. The quantitative estimate of drug-likeness (QED) is 0.694. The van der Waals surface area contributed by atoms with Crippen LogP contribution in [0, 0.1) is 5.41 Å². The smallest absolute Gasteiger partial charge is 0.335 e. The summed E-state index contributed by atoms with van der Waals surface area (Å²) in [6, 6.07) is 12.1. The number of urea groups is 1. The number of nitrogens with one attached hydrogen (secondary N) is 1. The predicted octanol–water partition coefficient (Wildman–Crippen LogP) is 0.816. The first kappa shape index (κ1) is 19.3. The van der Waals surface area contributed by atoms with Gasteiger partial charge in [-0.1, -0.05) is 18.2 Å². The standard InChI is InChI=1S/C22H20N4O5/c23-18(27)13-5-7-15(8-6-13)26-20(29)22(19(28)24-21(26)30)11-14-3-1-2-4-16(14)25-9-10-31-12-17(22)25/h1-8,17H,9-12H2,(H2,23,27)(H,24,28,30)/t17-,22-/m1/s1. The summed E-state index contributed by atoms with van der Waals surface area (Å²) in [5.74, 6) is -1.85. The summed E-state index contributed by atoms with van der Waals surface area (Å²) >= 11 is 0. The molecule has 0 aromatic heterocycles. The predicted molar refractivity (Wildman–Crippen MR) is 111 cm³/mol. The normalized spacial score (nSPS) is 25.2. The van der Waals surface area contributed by atoms with Crippen LogP contribution in [-0.4, -0.2) is 49.6 Å². The molecular formula is C22H20N4O5. The minimum atomic E-state index is -1.52. The number of hydrogen-bond acceptors (Lipinski definition) is 6. The van der Waals surface area contributed by atoms with Crippen LogP contribution in [0.1, 0.15) is 15.9 Å². The molecule has 2 aromatic carbocycles. The van der Waals surface area contributed by atoms with E-state index >= 15 is 0 Å². The molecule has 158 valence electrons. The average Bonchev–Trinajstić information content (AvgIpc) is 2.78. The highest BCUT2D eigenvalue weighted by Crippen LogP contribution is 2.45. The van der Waals surface area contributed by atoms with Crippen molar-refractivity contribution >= 4 is 35.1 Å². The SMILES string of the molecule is NC(=O)c1ccc(N2C(=O)NC(=O)[C@]3(Cc4ccccc4N4CCOC[C@@H]43)C2=O)cc1. The van der Waals surface area contributed by atoms with Crippen LogP contribution in [0.2, 0.25) is 0 Å². The van der Waals surface area contributed by atoms with Gasteiger partial charge in [0.15, 0.2) is 5.41 Å². The third-order valence-corrected chi connectivity index (χ3v) is 6.29. The van der Waals surface area contributed by atoms with Crippen LogP contribution < -0.4 is 20.9 Å². The van der Waals surface area contributed by atoms with Gasteiger partial charge in [-0.25, -0.2) is 9.69 Å². The number of carbonyl (C=O) groups is 4. The number of rotatable bonds is 2. The van der Waals surface area contributed by atoms with Gasteiger partial charge >= 0.3 is 6.03 Å². The summed E-state index contributed by atoms with van der Waals surface area (Å²) < 4.78 is 5.66. The molecule has 5 amide bonds. The topological polar surface area (TPSA) is 122 Å². The number of ether oxygens (including phenoxy) is 1. The number of benzene rings is 2. The summed E-state index contributed by atoms with van der Waals surface area (Å²) in [6.07, 6.45) is 0.154. The molecule has 31 heavy (non-hydrogen) atoms. The van der Waals surface area contributed by atoms with Crippen molar-refractivity contribution in [2.45, 2.75) is 12.5 Å². The molecule has 0 unspecified atom stereocenters. The maximum atomic E-state index is 13.9. The van der Waals surface area contributed by atoms with Gasteiger partial charge in [-0.2, -0.15) is 0 Å². The molecule has 0 saturated carbocycles. The number of primary amides is 1. The van der Waals surface area contributed by atoms with Crippen molar-refractivity contribution in [3.05, 3.63) is 59.7 Å². The number of carbonyl (C=O) groups excluding carboxylic acids is 4. The molecule has 0 bridgehead atoms. The van der Waals surface area contributed by atoms with E-state index in [2.05, 4.69) is 5.32 Å². The van der Waals surface area contributed by atoms with Crippen molar-refractivity contribution in [1.82, 2.24) is 5.32 Å². The van der Waals surface area contributed by atoms with Gasteiger partial charge in [0, 0.05) is 17.8 Å². The van der Waals surface area contributed by atoms with Crippen molar-refractivity contribution in [2.75, 3.05) is 29.6 Å². The minimum Gasteiger partial charge on any atom is -0.377 e. The molecule has 3 aliphatic rings. The molecule has 3 heterocycles. The molecule has 1 spiro atoms. The number of imide groups is 2. The lowest BCUT2D eigenvalue weighted by molar-refractivity contribution is -0.146. The Labute approximate surface area is 177 Å². The van der Waals surface area contributed by atoms with E-state index in [0.29, 0.717) is 13.2 Å². The van der Waals surface area contributed by atoms with Crippen molar-refractivity contribution in [3.63, 3.8) is 0 Å². The van der Waals surface area contributed by atoms with E-state index in [1.807, 2.05) is 29.2 Å². The first-order valence-electron chi connectivity index (χ1n) is 9.95. The second-order valence-corrected chi connectivity index (χ2v) is 7.87. The van der Waals surface area contributed by atoms with E-state index in [1.165, 1.54) is 24.3 Å². The zero-order valence-corrected chi connectivity index (χ0v) is 16.5. The van der Waals surface area contributed by atoms with Crippen molar-refractivity contribution in [3.8, 4) is 0 Å². The lowest BCUT2D eigenvalue weighted by atomic mass is 9.68. The van der Waals surface area contributed by atoms with Crippen LogP contribution in [0.25, 0.3) is 0 Å². The number of para-hydroxylation sites is 1. The largest absolute Gasteiger partial charge is 0.377 e. The Hall–Kier alpha value is -3.72. The lowest BCUT2D eigenvalue weighted by Crippen LogP contribution is -2.74. The molecule has 0 aliphatic carbocycles. The van der Waals surface area contributed by atoms with Gasteiger partial charge in [0.25, 0.3) is 5.91 Å². The molecule has 9 nitrogen and oxygen atoms in total. The fourth-order valence-electron chi connectivity index (χ4n) is 4.77. The van der Waals surface area contributed by atoms with E-state index in [1.54, 1.807) is 0 Å². The third kappa shape index (κ3) is 2.73. The van der Waals surface area contributed by atoms with Crippen molar-refractivity contribution in [2.24, 2.45) is 11.1 Å². The van der Waals surface area contributed by atoms with Crippen LogP contribution in [0.4, 0.5) is 16.2 Å². The molecule has 2 saturated heterocycles. The molecule has 3 aliphatic heterocycles. The molecule has 0 radical (unpaired) electrons. The van der Waals surface area contributed by atoms with Crippen LogP contribution in [0.3, 0.4) is 0 Å². The van der Waals surface area contributed by atoms with E-state index in [4.69, 9.17) is 10.5 Å². The van der Waals surface area contributed by atoms with E-state index in [0.717, 1.165) is 16.2 Å². The highest BCUT2D eigenvalue weighted by molar-refractivity contribution is 6.30. The minimum absolute atomic E-state index is 0.154. The Kier molecular flexibility index (Phi) is 4.30. The van der Waals surface area contributed by atoms with Crippen molar-refractivity contribution in [1.29, 1.82) is 0 Å². The molecule has 5 rings (SSSR count). The lowest BCUT2D eigenvalue weighted by Gasteiger charge is -2.53. The highest BCUT2D eigenvalue weighted by atomic mass is 16.5. The maximum Gasteiger partial charge on any atom is 0.335 e. The number of anilines is 2. The highest BCUT2D eigenvalue weighted by Gasteiger charge is 2.62. The fraction of sp³-hybridized carbons (Fsp3) is 0.273. The summed E-state index contributed by atoms with van der Waals surface area (Å²) in [5.41, 5.74) is 6.09. The van der Waals surface area contributed by atoms with E-state index < -0.39 is 35.2 Å². The summed E-state index contributed by atoms with van der Waals surface area (Å²) in [5, 5.41) is 2.37. The number of nitrogens with two attached hydrogens (primary N) is 1. The first-order valence-corrected chi connectivity index (χ1v) is 9.95. The van der Waals surface area contributed by atoms with Crippen LogP contribution in [0.15, 0.2) is 48.5 Å². The van der Waals surface area contributed by atoms with E-state index in [-0.39, 0.29) is 24.3 Å². The molecule has 9 heteroatoms. The van der Waals surface area contributed by atoms with Gasteiger partial charge in [0.2, 0.25) is 11.8 Å². The van der Waals surface area contributed by atoms with Gasteiger partial charge in [-0.05, 0) is 42.3 Å². The monoisotopic (exact) mass is 420 g/mol.